The van der Waals surface area contributed by atoms with Gasteiger partial charge in [0, 0.05) is 12.6 Å². The minimum absolute atomic E-state index is 0.190. The van der Waals surface area contributed by atoms with Crippen molar-refractivity contribution in [3.63, 3.8) is 0 Å². The zero-order chi connectivity index (χ0) is 9.97. The molecule has 14 heavy (non-hydrogen) atoms. The van der Waals surface area contributed by atoms with Gasteiger partial charge in [0.1, 0.15) is 6.61 Å². The summed E-state index contributed by atoms with van der Waals surface area (Å²) in [7, 11) is 0. The van der Waals surface area contributed by atoms with Gasteiger partial charge in [-0.25, -0.2) is 0 Å². The number of rotatable bonds is 1. The molecule has 2 rings (SSSR count). The molecule has 0 aromatic heterocycles. The number of hydrogen-bond donors (Lipinski definition) is 0. The first-order valence-electron chi connectivity index (χ1n) is 5.64. The van der Waals surface area contributed by atoms with Crippen LogP contribution in [0, 0.1) is 5.92 Å². The predicted octanol–water partition coefficient (Wildman–Crippen LogP) is 1.42. The van der Waals surface area contributed by atoms with Crippen LogP contribution >= 0.6 is 0 Å². The van der Waals surface area contributed by atoms with Crippen molar-refractivity contribution in [3.8, 4) is 0 Å². The first kappa shape index (κ1) is 9.97. The normalized spacial score (nSPS) is 34.6. The Morgan fingerprint density at radius 3 is 3.00 bits per heavy atom. The molecule has 1 amide bonds. The van der Waals surface area contributed by atoms with Crippen molar-refractivity contribution < 1.29 is 9.53 Å². The van der Waals surface area contributed by atoms with E-state index >= 15 is 0 Å². The molecule has 0 aromatic rings. The van der Waals surface area contributed by atoms with Gasteiger partial charge in [-0.3, -0.25) is 4.79 Å². The summed E-state index contributed by atoms with van der Waals surface area (Å²) in [6.45, 7) is 4.11. The van der Waals surface area contributed by atoms with E-state index in [1.165, 1.54) is 25.7 Å². The molecule has 0 spiro atoms. The van der Waals surface area contributed by atoms with Crippen LogP contribution in [0.4, 0.5) is 0 Å². The Kier molecular flexibility index (Phi) is 3.06. The van der Waals surface area contributed by atoms with Gasteiger partial charge in [0.25, 0.3) is 0 Å². The lowest BCUT2D eigenvalue weighted by Gasteiger charge is -2.38. The highest BCUT2D eigenvalue weighted by molar-refractivity contribution is 5.78. The van der Waals surface area contributed by atoms with E-state index in [9.17, 15) is 4.79 Å². The second-order valence-corrected chi connectivity index (χ2v) is 4.57. The Hall–Kier alpha value is -0.570. The van der Waals surface area contributed by atoms with Gasteiger partial charge in [0.05, 0.1) is 6.61 Å². The van der Waals surface area contributed by atoms with Gasteiger partial charge in [-0.05, 0) is 18.8 Å². The summed E-state index contributed by atoms with van der Waals surface area (Å²) in [4.78, 5) is 13.6. The number of ether oxygens (including phenoxy) is 1. The third-order valence-electron chi connectivity index (χ3n) is 3.37. The summed E-state index contributed by atoms with van der Waals surface area (Å²) in [6.07, 6.45) is 4.98. The van der Waals surface area contributed by atoms with Gasteiger partial charge in [0.15, 0.2) is 0 Å². The summed E-state index contributed by atoms with van der Waals surface area (Å²) >= 11 is 0. The van der Waals surface area contributed by atoms with Crippen molar-refractivity contribution in [2.24, 2.45) is 5.92 Å². The van der Waals surface area contributed by atoms with Crippen LogP contribution in [0.3, 0.4) is 0 Å². The molecular weight excluding hydrogens is 178 g/mol. The van der Waals surface area contributed by atoms with E-state index in [2.05, 4.69) is 6.92 Å². The maximum atomic E-state index is 11.6. The Labute approximate surface area is 85.4 Å². The topological polar surface area (TPSA) is 29.5 Å². The number of morpholine rings is 1. The van der Waals surface area contributed by atoms with Crippen LogP contribution in [0.15, 0.2) is 0 Å². The smallest absolute Gasteiger partial charge is 0.248 e. The second kappa shape index (κ2) is 4.30. The van der Waals surface area contributed by atoms with Crippen LogP contribution in [0.1, 0.15) is 32.6 Å². The van der Waals surface area contributed by atoms with Gasteiger partial charge in [-0.1, -0.05) is 19.8 Å². The number of nitrogens with zero attached hydrogens (tertiary/aromatic N) is 1. The Balaban J connectivity index is 1.94. The lowest BCUT2D eigenvalue weighted by molar-refractivity contribution is -0.146. The molecule has 1 saturated carbocycles. The van der Waals surface area contributed by atoms with E-state index in [1.54, 1.807) is 0 Å². The molecule has 1 aliphatic carbocycles. The summed E-state index contributed by atoms with van der Waals surface area (Å²) in [5.74, 6) is 0.972. The Morgan fingerprint density at radius 1 is 1.43 bits per heavy atom. The molecule has 3 nitrogen and oxygen atoms in total. The zero-order valence-electron chi connectivity index (χ0n) is 8.87. The molecule has 80 valence electrons. The molecule has 0 bridgehead atoms. The van der Waals surface area contributed by atoms with Crippen molar-refractivity contribution in [3.05, 3.63) is 0 Å². The molecule has 1 saturated heterocycles. The van der Waals surface area contributed by atoms with Gasteiger partial charge in [-0.2, -0.15) is 0 Å². The van der Waals surface area contributed by atoms with Crippen LogP contribution in [0.5, 0.6) is 0 Å². The quantitative estimate of drug-likeness (QED) is 0.636. The number of amides is 1. The van der Waals surface area contributed by atoms with Crippen molar-refractivity contribution in [2.45, 2.75) is 38.6 Å². The fraction of sp³-hybridized carbons (Fsp3) is 0.909. The fourth-order valence-electron chi connectivity index (χ4n) is 2.60. The standard InChI is InChI=1S/C11H19NO2/c1-9-3-2-4-10(7-9)12-5-6-14-8-11(12)13/h9-10H,2-8H2,1H3/t9?,10-/m0/s1. The highest BCUT2D eigenvalue weighted by atomic mass is 16.5. The summed E-state index contributed by atoms with van der Waals surface area (Å²) < 4.78 is 5.14. The first-order valence-corrected chi connectivity index (χ1v) is 5.64. The monoisotopic (exact) mass is 197 g/mol. The molecule has 0 N–H and O–H groups in total. The summed E-state index contributed by atoms with van der Waals surface area (Å²) in [5.41, 5.74) is 0. The number of hydrogen-bond acceptors (Lipinski definition) is 2. The molecule has 2 atom stereocenters. The van der Waals surface area contributed by atoms with Crippen LogP contribution in [0.25, 0.3) is 0 Å². The van der Waals surface area contributed by atoms with E-state index < -0.39 is 0 Å². The third kappa shape index (κ3) is 2.08. The minimum Gasteiger partial charge on any atom is -0.370 e. The maximum Gasteiger partial charge on any atom is 0.248 e. The van der Waals surface area contributed by atoms with Crippen LogP contribution < -0.4 is 0 Å². The van der Waals surface area contributed by atoms with Gasteiger partial charge >= 0.3 is 0 Å². The lowest BCUT2D eigenvalue weighted by Crippen LogP contribution is -2.49. The summed E-state index contributed by atoms with van der Waals surface area (Å²) in [5, 5.41) is 0. The predicted molar refractivity (Wildman–Crippen MR) is 54.0 cm³/mol. The number of carbonyl (C=O) groups excluding carboxylic acids is 1. The van der Waals surface area contributed by atoms with Crippen molar-refractivity contribution in [1.29, 1.82) is 0 Å². The van der Waals surface area contributed by atoms with E-state index in [4.69, 9.17) is 4.74 Å². The highest BCUT2D eigenvalue weighted by Crippen LogP contribution is 2.27. The molecule has 2 fully saturated rings. The van der Waals surface area contributed by atoms with E-state index in [0.29, 0.717) is 12.6 Å². The van der Waals surface area contributed by atoms with Crippen molar-refractivity contribution in [2.75, 3.05) is 19.8 Å². The molecule has 2 aliphatic rings. The van der Waals surface area contributed by atoms with Crippen molar-refractivity contribution >= 4 is 5.91 Å². The van der Waals surface area contributed by atoms with E-state index in [0.717, 1.165) is 19.1 Å². The third-order valence-corrected chi connectivity index (χ3v) is 3.37. The van der Waals surface area contributed by atoms with E-state index in [1.807, 2.05) is 4.90 Å². The van der Waals surface area contributed by atoms with E-state index in [-0.39, 0.29) is 5.91 Å². The molecule has 3 heteroatoms. The SMILES string of the molecule is CC1CCC[C@H](N2CCOCC2=O)C1. The lowest BCUT2D eigenvalue weighted by atomic mass is 9.86. The molecule has 1 aliphatic heterocycles. The molecular formula is C11H19NO2. The fourth-order valence-corrected chi connectivity index (χ4v) is 2.60. The summed E-state index contributed by atoms with van der Waals surface area (Å²) in [6, 6.07) is 0.496. The van der Waals surface area contributed by atoms with Gasteiger partial charge < -0.3 is 9.64 Å². The number of carbonyl (C=O) groups is 1. The molecule has 0 aromatic carbocycles. The maximum absolute atomic E-state index is 11.6. The Bertz CT molecular complexity index is 217. The average Bonchev–Trinajstić information content (AvgIpc) is 2.18. The highest BCUT2D eigenvalue weighted by Gasteiger charge is 2.29. The minimum atomic E-state index is 0.190. The van der Waals surface area contributed by atoms with Crippen molar-refractivity contribution in [1.82, 2.24) is 4.90 Å². The molecule has 1 unspecified atom stereocenters. The Morgan fingerprint density at radius 2 is 2.29 bits per heavy atom. The molecule has 1 heterocycles. The largest absolute Gasteiger partial charge is 0.370 e. The van der Waals surface area contributed by atoms with Crippen LogP contribution in [-0.4, -0.2) is 36.6 Å². The molecule has 0 radical (unpaired) electrons. The van der Waals surface area contributed by atoms with Crippen LogP contribution in [0.2, 0.25) is 0 Å². The van der Waals surface area contributed by atoms with Crippen LogP contribution in [-0.2, 0) is 9.53 Å². The first-order chi connectivity index (χ1) is 6.77. The average molecular weight is 197 g/mol. The van der Waals surface area contributed by atoms with Gasteiger partial charge in [0.2, 0.25) is 5.91 Å². The second-order valence-electron chi connectivity index (χ2n) is 4.57. The zero-order valence-corrected chi connectivity index (χ0v) is 8.87. The van der Waals surface area contributed by atoms with Gasteiger partial charge in [-0.15, -0.1) is 0 Å².